The maximum absolute atomic E-state index is 6.21. The van der Waals surface area contributed by atoms with E-state index >= 15 is 0 Å². The van der Waals surface area contributed by atoms with Crippen LogP contribution in [0.4, 0.5) is 11.5 Å². The number of nitrogens with zero attached hydrogens (tertiary/aromatic N) is 1. The average Bonchev–Trinajstić information content (AvgIpc) is 3.13. The molecular weight excluding hydrogens is 286 g/mol. The molecule has 4 nitrogen and oxygen atoms in total. The zero-order valence-corrected chi connectivity index (χ0v) is 12.8. The predicted molar refractivity (Wildman–Crippen MR) is 93.1 cm³/mol. The van der Waals surface area contributed by atoms with Crippen LogP contribution in [0.25, 0.3) is 5.69 Å². The maximum Gasteiger partial charge on any atom is 0.132 e. The first-order chi connectivity index (χ1) is 11.2. The van der Waals surface area contributed by atoms with E-state index in [4.69, 9.17) is 16.2 Å². The van der Waals surface area contributed by atoms with Crippen molar-refractivity contribution in [3.8, 4) is 17.2 Å². The van der Waals surface area contributed by atoms with E-state index in [0.717, 1.165) is 42.1 Å². The third-order valence-electron chi connectivity index (χ3n) is 4.37. The molecular formula is C19H19N3O. The Morgan fingerprint density at radius 3 is 2.26 bits per heavy atom. The van der Waals surface area contributed by atoms with Gasteiger partial charge in [-0.15, -0.1) is 0 Å². The van der Waals surface area contributed by atoms with Gasteiger partial charge in [-0.3, -0.25) is 4.57 Å². The second-order valence-corrected chi connectivity index (χ2v) is 5.82. The van der Waals surface area contributed by atoms with Crippen molar-refractivity contribution < 1.29 is 4.74 Å². The summed E-state index contributed by atoms with van der Waals surface area (Å²) in [6.45, 7) is 0. The summed E-state index contributed by atoms with van der Waals surface area (Å²) in [5.41, 5.74) is 16.6. The Morgan fingerprint density at radius 1 is 0.826 bits per heavy atom. The lowest BCUT2D eigenvalue weighted by molar-refractivity contribution is 0.482. The zero-order chi connectivity index (χ0) is 15.8. The molecule has 116 valence electrons. The van der Waals surface area contributed by atoms with Gasteiger partial charge in [-0.25, -0.2) is 0 Å². The Morgan fingerprint density at radius 2 is 1.52 bits per heavy atom. The third-order valence-corrected chi connectivity index (χ3v) is 4.37. The van der Waals surface area contributed by atoms with Gasteiger partial charge in [-0.05, 0) is 61.2 Å². The number of nitrogen functional groups attached to an aromatic ring is 2. The minimum atomic E-state index is 0.645. The van der Waals surface area contributed by atoms with Gasteiger partial charge in [0.1, 0.15) is 17.3 Å². The highest BCUT2D eigenvalue weighted by atomic mass is 16.5. The number of para-hydroxylation sites is 1. The van der Waals surface area contributed by atoms with Crippen LogP contribution in [-0.2, 0) is 12.8 Å². The molecule has 3 aromatic rings. The highest BCUT2D eigenvalue weighted by Gasteiger charge is 2.23. The van der Waals surface area contributed by atoms with E-state index in [1.807, 2.05) is 54.6 Å². The molecule has 0 saturated heterocycles. The first kappa shape index (κ1) is 13.8. The van der Waals surface area contributed by atoms with Gasteiger partial charge in [0, 0.05) is 11.4 Å². The van der Waals surface area contributed by atoms with Crippen LogP contribution in [0.3, 0.4) is 0 Å². The molecule has 0 atom stereocenters. The molecule has 2 aromatic carbocycles. The van der Waals surface area contributed by atoms with Crippen LogP contribution in [0, 0.1) is 0 Å². The first-order valence-electron chi connectivity index (χ1n) is 7.85. The highest BCUT2D eigenvalue weighted by Crippen LogP contribution is 2.37. The Kier molecular flexibility index (Phi) is 3.23. The fourth-order valence-electron chi connectivity index (χ4n) is 3.27. The normalized spacial score (nSPS) is 13.0. The molecule has 1 aliphatic carbocycles. The smallest absolute Gasteiger partial charge is 0.132 e. The Hall–Kier alpha value is -2.88. The fourth-order valence-corrected chi connectivity index (χ4v) is 3.27. The molecule has 0 fully saturated rings. The minimum Gasteiger partial charge on any atom is -0.457 e. The van der Waals surface area contributed by atoms with Crippen molar-refractivity contribution in [2.45, 2.75) is 19.3 Å². The van der Waals surface area contributed by atoms with E-state index in [1.165, 1.54) is 11.3 Å². The van der Waals surface area contributed by atoms with Crippen molar-refractivity contribution in [1.29, 1.82) is 0 Å². The quantitative estimate of drug-likeness (QED) is 0.770. The molecule has 23 heavy (non-hydrogen) atoms. The molecule has 1 aliphatic rings. The molecule has 0 bridgehead atoms. The standard InChI is InChI=1S/C19H19N3O/c20-18-16-7-4-8-17(16)22(19(18)21)13-9-11-15(12-10-13)23-14-5-2-1-3-6-14/h1-3,5-6,9-12H,4,7-8,20-21H2. The Labute approximate surface area is 135 Å². The Balaban J connectivity index is 1.66. The van der Waals surface area contributed by atoms with E-state index in [2.05, 4.69) is 4.57 Å². The van der Waals surface area contributed by atoms with Gasteiger partial charge in [0.2, 0.25) is 0 Å². The lowest BCUT2D eigenvalue weighted by Gasteiger charge is -2.11. The van der Waals surface area contributed by atoms with E-state index < -0.39 is 0 Å². The van der Waals surface area contributed by atoms with E-state index in [9.17, 15) is 0 Å². The van der Waals surface area contributed by atoms with Gasteiger partial charge in [0.25, 0.3) is 0 Å². The maximum atomic E-state index is 6.21. The highest BCUT2D eigenvalue weighted by molar-refractivity contribution is 5.72. The summed E-state index contributed by atoms with van der Waals surface area (Å²) in [5, 5.41) is 0. The number of hydrogen-bond donors (Lipinski definition) is 2. The van der Waals surface area contributed by atoms with Gasteiger partial charge >= 0.3 is 0 Å². The second kappa shape index (κ2) is 5.39. The molecule has 4 rings (SSSR count). The van der Waals surface area contributed by atoms with Crippen molar-refractivity contribution in [3.05, 3.63) is 65.9 Å². The van der Waals surface area contributed by atoms with Crippen molar-refractivity contribution in [2.24, 2.45) is 0 Å². The number of hydrogen-bond acceptors (Lipinski definition) is 3. The molecule has 0 aliphatic heterocycles. The SMILES string of the molecule is Nc1c2c(n(-c3ccc(Oc4ccccc4)cc3)c1N)CCC2. The molecule has 4 N–H and O–H groups in total. The summed E-state index contributed by atoms with van der Waals surface area (Å²) in [4.78, 5) is 0. The molecule has 4 heteroatoms. The van der Waals surface area contributed by atoms with Crippen LogP contribution < -0.4 is 16.2 Å². The number of anilines is 2. The molecule has 1 aromatic heterocycles. The fraction of sp³-hybridized carbons (Fsp3) is 0.158. The Bertz CT molecular complexity index is 835. The summed E-state index contributed by atoms with van der Waals surface area (Å²) in [6, 6.07) is 17.7. The van der Waals surface area contributed by atoms with Gasteiger partial charge in [0.05, 0.1) is 5.69 Å². The van der Waals surface area contributed by atoms with Crippen LogP contribution in [0.2, 0.25) is 0 Å². The van der Waals surface area contributed by atoms with Crippen molar-refractivity contribution >= 4 is 11.5 Å². The zero-order valence-electron chi connectivity index (χ0n) is 12.8. The van der Waals surface area contributed by atoms with Crippen molar-refractivity contribution in [1.82, 2.24) is 4.57 Å². The molecule has 1 heterocycles. The van der Waals surface area contributed by atoms with Gasteiger partial charge < -0.3 is 16.2 Å². The van der Waals surface area contributed by atoms with Gasteiger partial charge in [0.15, 0.2) is 0 Å². The van der Waals surface area contributed by atoms with Gasteiger partial charge in [-0.1, -0.05) is 18.2 Å². The lowest BCUT2D eigenvalue weighted by atomic mass is 10.2. The van der Waals surface area contributed by atoms with Gasteiger partial charge in [-0.2, -0.15) is 0 Å². The van der Waals surface area contributed by atoms with E-state index in [1.54, 1.807) is 0 Å². The van der Waals surface area contributed by atoms with Crippen LogP contribution in [0.1, 0.15) is 17.7 Å². The number of fused-ring (bicyclic) bond motifs is 1. The summed E-state index contributed by atoms with van der Waals surface area (Å²) in [6.07, 6.45) is 3.19. The molecule has 0 saturated carbocycles. The van der Waals surface area contributed by atoms with Crippen molar-refractivity contribution in [2.75, 3.05) is 11.5 Å². The number of aromatic nitrogens is 1. The predicted octanol–water partition coefficient (Wildman–Crippen LogP) is 3.92. The van der Waals surface area contributed by atoms with Crippen LogP contribution in [0.15, 0.2) is 54.6 Å². The van der Waals surface area contributed by atoms with E-state index in [0.29, 0.717) is 5.82 Å². The summed E-state index contributed by atoms with van der Waals surface area (Å²) >= 11 is 0. The molecule has 0 unspecified atom stereocenters. The summed E-state index contributed by atoms with van der Waals surface area (Å²) in [5.74, 6) is 2.27. The van der Waals surface area contributed by atoms with Crippen LogP contribution >= 0.6 is 0 Å². The first-order valence-corrected chi connectivity index (χ1v) is 7.85. The number of ether oxygens (including phenoxy) is 1. The average molecular weight is 305 g/mol. The molecule has 0 spiro atoms. The topological polar surface area (TPSA) is 66.2 Å². The van der Waals surface area contributed by atoms with Crippen LogP contribution in [0.5, 0.6) is 11.5 Å². The van der Waals surface area contributed by atoms with Crippen molar-refractivity contribution in [3.63, 3.8) is 0 Å². The molecule has 0 amide bonds. The van der Waals surface area contributed by atoms with Crippen LogP contribution in [-0.4, -0.2) is 4.57 Å². The number of benzene rings is 2. The van der Waals surface area contributed by atoms with E-state index in [-0.39, 0.29) is 0 Å². The summed E-state index contributed by atoms with van der Waals surface area (Å²) in [7, 11) is 0. The monoisotopic (exact) mass is 305 g/mol. The second-order valence-electron chi connectivity index (χ2n) is 5.82. The number of rotatable bonds is 3. The lowest BCUT2D eigenvalue weighted by Crippen LogP contribution is -2.04. The third kappa shape index (κ3) is 2.32. The summed E-state index contributed by atoms with van der Waals surface area (Å²) < 4.78 is 7.91. The number of nitrogens with two attached hydrogens (primary N) is 2. The minimum absolute atomic E-state index is 0.645. The largest absolute Gasteiger partial charge is 0.457 e. The molecule has 0 radical (unpaired) electrons.